The molecule has 144 valence electrons. The number of nitrogens with two attached hydrogens (primary N) is 1. The Morgan fingerprint density at radius 1 is 1.42 bits per heavy atom. The number of hydrogen-bond donors (Lipinski definition) is 1. The van der Waals surface area contributed by atoms with Crippen LogP contribution in [-0.2, 0) is 17.7 Å². The Morgan fingerprint density at radius 3 is 2.58 bits per heavy atom. The van der Waals surface area contributed by atoms with Gasteiger partial charge in [-0.1, -0.05) is 6.92 Å². The minimum atomic E-state index is -0.944. The lowest BCUT2D eigenvalue weighted by molar-refractivity contribution is -0.385. The SMILES string of the molecule is CCc1c([N+](=O)[O-])c(C(N)=O)nn1C[C@H]1CCCN1C(=O)OC(C)(C)C. The molecule has 0 aromatic carbocycles. The van der Waals surface area contributed by atoms with Crippen LogP contribution in [0.5, 0.6) is 0 Å². The Kier molecular flexibility index (Phi) is 5.53. The molecule has 2 amide bonds. The van der Waals surface area contributed by atoms with E-state index in [1.165, 1.54) is 4.68 Å². The summed E-state index contributed by atoms with van der Waals surface area (Å²) in [4.78, 5) is 36.3. The number of primary amides is 1. The summed E-state index contributed by atoms with van der Waals surface area (Å²) in [6.07, 6.45) is 1.42. The number of nitrogens with zero attached hydrogens (tertiary/aromatic N) is 4. The number of ether oxygens (including phenoxy) is 1. The number of aromatic nitrogens is 2. The van der Waals surface area contributed by atoms with Crippen LogP contribution in [0.3, 0.4) is 0 Å². The van der Waals surface area contributed by atoms with Crippen LogP contribution >= 0.6 is 0 Å². The molecule has 26 heavy (non-hydrogen) atoms. The molecule has 1 atom stereocenters. The smallest absolute Gasteiger partial charge is 0.410 e. The maximum Gasteiger partial charge on any atom is 0.410 e. The van der Waals surface area contributed by atoms with Gasteiger partial charge in [0.1, 0.15) is 11.3 Å². The molecule has 2 heterocycles. The van der Waals surface area contributed by atoms with Gasteiger partial charge < -0.3 is 15.4 Å². The Bertz CT molecular complexity index is 721. The Labute approximate surface area is 151 Å². The first-order valence-electron chi connectivity index (χ1n) is 8.58. The zero-order valence-corrected chi connectivity index (χ0v) is 15.5. The van der Waals surface area contributed by atoms with E-state index in [0.717, 1.165) is 12.8 Å². The molecule has 1 saturated heterocycles. The van der Waals surface area contributed by atoms with Crippen molar-refractivity contribution in [1.29, 1.82) is 0 Å². The van der Waals surface area contributed by atoms with Gasteiger partial charge in [0.15, 0.2) is 0 Å². The topological polar surface area (TPSA) is 134 Å². The molecule has 10 nitrogen and oxygen atoms in total. The second kappa shape index (κ2) is 7.30. The summed E-state index contributed by atoms with van der Waals surface area (Å²) in [5.41, 5.74) is 4.24. The van der Waals surface area contributed by atoms with Gasteiger partial charge in [-0.3, -0.25) is 19.6 Å². The number of carbonyl (C=O) groups is 2. The van der Waals surface area contributed by atoms with Crippen LogP contribution in [-0.4, -0.2) is 49.8 Å². The van der Waals surface area contributed by atoms with Crippen molar-refractivity contribution in [3.05, 3.63) is 21.5 Å². The highest BCUT2D eigenvalue weighted by Crippen LogP contribution is 2.27. The lowest BCUT2D eigenvalue weighted by atomic mass is 10.2. The minimum absolute atomic E-state index is 0.213. The fraction of sp³-hybridized carbons (Fsp3) is 0.688. The van der Waals surface area contributed by atoms with E-state index in [1.807, 2.05) is 0 Å². The van der Waals surface area contributed by atoms with Gasteiger partial charge >= 0.3 is 11.8 Å². The fourth-order valence-corrected chi connectivity index (χ4v) is 3.13. The summed E-state index contributed by atoms with van der Waals surface area (Å²) in [5, 5.41) is 15.4. The normalized spacial score (nSPS) is 17.4. The number of nitro groups is 1. The van der Waals surface area contributed by atoms with Gasteiger partial charge in [-0.25, -0.2) is 4.79 Å². The van der Waals surface area contributed by atoms with E-state index in [-0.39, 0.29) is 24.0 Å². The first-order chi connectivity index (χ1) is 12.0. The molecule has 0 bridgehead atoms. The van der Waals surface area contributed by atoms with E-state index in [1.54, 1.807) is 32.6 Å². The summed E-state index contributed by atoms with van der Waals surface area (Å²) < 4.78 is 6.85. The number of hydrogen-bond acceptors (Lipinski definition) is 6. The molecular weight excluding hydrogens is 342 g/mol. The third-order valence-corrected chi connectivity index (χ3v) is 4.17. The van der Waals surface area contributed by atoms with Crippen LogP contribution in [0, 0.1) is 10.1 Å². The van der Waals surface area contributed by atoms with E-state index in [0.29, 0.717) is 18.7 Å². The average Bonchev–Trinajstić information content (AvgIpc) is 3.09. The summed E-state index contributed by atoms with van der Waals surface area (Å²) in [6.45, 7) is 7.92. The third kappa shape index (κ3) is 4.12. The molecule has 10 heteroatoms. The Hall–Kier alpha value is -2.65. The highest BCUT2D eigenvalue weighted by molar-refractivity contribution is 5.95. The molecule has 0 aliphatic carbocycles. The van der Waals surface area contributed by atoms with Crippen molar-refractivity contribution in [2.75, 3.05) is 6.54 Å². The van der Waals surface area contributed by atoms with Crippen molar-refractivity contribution in [2.45, 2.75) is 65.1 Å². The zero-order valence-electron chi connectivity index (χ0n) is 15.5. The predicted molar refractivity (Wildman–Crippen MR) is 92.7 cm³/mol. The second-order valence-electron chi connectivity index (χ2n) is 7.27. The zero-order chi connectivity index (χ0) is 19.6. The molecular formula is C16H25N5O5. The van der Waals surface area contributed by atoms with Gasteiger partial charge in [0.25, 0.3) is 5.91 Å². The number of amides is 2. The Morgan fingerprint density at radius 2 is 2.08 bits per heavy atom. The molecule has 0 radical (unpaired) electrons. The number of rotatable bonds is 5. The van der Waals surface area contributed by atoms with Crippen molar-refractivity contribution < 1.29 is 19.2 Å². The average molecular weight is 367 g/mol. The van der Waals surface area contributed by atoms with Crippen molar-refractivity contribution in [2.24, 2.45) is 5.73 Å². The van der Waals surface area contributed by atoms with Crippen LogP contribution in [0.4, 0.5) is 10.5 Å². The lowest BCUT2D eigenvalue weighted by Crippen LogP contribution is -2.41. The molecule has 1 fully saturated rings. The van der Waals surface area contributed by atoms with E-state index < -0.39 is 22.5 Å². The maximum atomic E-state index is 12.4. The monoisotopic (exact) mass is 367 g/mol. The fourth-order valence-electron chi connectivity index (χ4n) is 3.13. The van der Waals surface area contributed by atoms with E-state index in [4.69, 9.17) is 10.5 Å². The van der Waals surface area contributed by atoms with Gasteiger partial charge in [-0.05, 0) is 40.0 Å². The third-order valence-electron chi connectivity index (χ3n) is 4.17. The van der Waals surface area contributed by atoms with Crippen LogP contribution in [0.2, 0.25) is 0 Å². The number of likely N-dealkylation sites (tertiary alicyclic amines) is 1. The van der Waals surface area contributed by atoms with E-state index in [9.17, 15) is 19.7 Å². The molecule has 1 aromatic rings. The maximum absolute atomic E-state index is 12.4. The van der Waals surface area contributed by atoms with Gasteiger partial charge in [0, 0.05) is 6.54 Å². The summed E-state index contributed by atoms with van der Waals surface area (Å²) in [6, 6.07) is -0.213. The minimum Gasteiger partial charge on any atom is -0.444 e. The van der Waals surface area contributed by atoms with E-state index in [2.05, 4.69) is 5.10 Å². The highest BCUT2D eigenvalue weighted by Gasteiger charge is 2.35. The molecule has 0 saturated carbocycles. The standard InChI is InChI=1S/C16H25N5O5/c1-5-11-13(21(24)25)12(14(17)22)18-20(11)9-10-7-6-8-19(10)15(23)26-16(2,3)4/h10H,5-9H2,1-4H3,(H2,17,22)/t10-/m1/s1. The molecule has 0 unspecified atom stereocenters. The van der Waals surface area contributed by atoms with Gasteiger partial charge in [-0.15, -0.1) is 0 Å². The van der Waals surface area contributed by atoms with Crippen molar-refractivity contribution in [3.8, 4) is 0 Å². The molecule has 2 N–H and O–H groups in total. The van der Waals surface area contributed by atoms with Gasteiger partial charge in [0.2, 0.25) is 5.69 Å². The molecule has 1 aliphatic heterocycles. The largest absolute Gasteiger partial charge is 0.444 e. The summed E-state index contributed by atoms with van der Waals surface area (Å²) in [7, 11) is 0. The quantitative estimate of drug-likeness (QED) is 0.623. The Balaban J connectivity index is 2.29. The first kappa shape index (κ1) is 19.7. The summed E-state index contributed by atoms with van der Waals surface area (Å²) in [5.74, 6) is -0.944. The van der Waals surface area contributed by atoms with Crippen molar-refractivity contribution in [3.63, 3.8) is 0 Å². The molecule has 2 rings (SSSR count). The van der Waals surface area contributed by atoms with Crippen LogP contribution in [0.1, 0.15) is 56.7 Å². The van der Waals surface area contributed by atoms with Gasteiger partial charge in [-0.2, -0.15) is 5.10 Å². The second-order valence-corrected chi connectivity index (χ2v) is 7.27. The van der Waals surface area contributed by atoms with Crippen molar-refractivity contribution in [1.82, 2.24) is 14.7 Å². The van der Waals surface area contributed by atoms with Gasteiger partial charge in [0.05, 0.1) is 17.5 Å². The highest BCUT2D eigenvalue weighted by atomic mass is 16.6. The lowest BCUT2D eigenvalue weighted by Gasteiger charge is -2.28. The van der Waals surface area contributed by atoms with Crippen LogP contribution in [0.15, 0.2) is 0 Å². The van der Waals surface area contributed by atoms with E-state index >= 15 is 0 Å². The molecule has 1 aromatic heterocycles. The predicted octanol–water partition coefficient (Wildman–Crippen LogP) is 1.85. The number of carbonyl (C=O) groups excluding carboxylic acids is 2. The van der Waals surface area contributed by atoms with Crippen molar-refractivity contribution >= 4 is 17.7 Å². The van der Waals surface area contributed by atoms with Crippen LogP contribution in [0.25, 0.3) is 0 Å². The van der Waals surface area contributed by atoms with Crippen LogP contribution < -0.4 is 5.73 Å². The molecule has 1 aliphatic rings. The first-order valence-corrected chi connectivity index (χ1v) is 8.58. The summed E-state index contributed by atoms with van der Waals surface area (Å²) >= 11 is 0. The molecule has 0 spiro atoms.